The van der Waals surface area contributed by atoms with Crippen molar-refractivity contribution in [2.24, 2.45) is 5.41 Å². The van der Waals surface area contributed by atoms with Crippen LogP contribution < -0.4 is 29.3 Å². The van der Waals surface area contributed by atoms with Crippen molar-refractivity contribution in [3.05, 3.63) is 0 Å². The van der Waals surface area contributed by atoms with E-state index in [2.05, 4.69) is 5.32 Å². The van der Waals surface area contributed by atoms with Gasteiger partial charge in [-0.1, -0.05) is 6.92 Å². The molecule has 0 spiro atoms. The molecule has 1 heterocycles. The zero-order valence-electron chi connectivity index (χ0n) is 7.35. The Morgan fingerprint density at radius 1 is 1.75 bits per heavy atom. The number of aliphatic carboxylic acids is 1. The van der Waals surface area contributed by atoms with E-state index in [1.165, 1.54) is 0 Å². The first-order valence-electron chi connectivity index (χ1n) is 3.48. The first-order valence-corrected chi connectivity index (χ1v) is 3.48. The van der Waals surface area contributed by atoms with Gasteiger partial charge >= 0.3 is 18.9 Å². The van der Waals surface area contributed by atoms with Crippen molar-refractivity contribution < 1.29 is 33.6 Å². The van der Waals surface area contributed by atoms with Crippen molar-refractivity contribution in [3.63, 3.8) is 0 Å². The van der Waals surface area contributed by atoms with Gasteiger partial charge in [0, 0.05) is 18.9 Å². The number of amides is 1. The third-order valence-corrected chi connectivity index (χ3v) is 1.87. The molecule has 1 atom stereocenters. The molecule has 0 aromatic heterocycles. The Labute approximate surface area is 82.9 Å². The zero-order chi connectivity index (χ0) is 8.48. The molecule has 0 bridgehead atoms. The molecule has 0 radical (unpaired) electrons. The fraction of sp³-hybridized carbons (Fsp3) is 0.714. The standard InChI is InChI=1S/C7H11NO3.Li/c1-7(3-6(10)11)2-5(9)8-4-7;/h2-4H2,1H3,(H,8,9)(H,10,11);/q;+1/p-1. The van der Waals surface area contributed by atoms with E-state index in [9.17, 15) is 14.7 Å². The molecule has 1 rings (SSSR count). The second kappa shape index (κ2) is 3.97. The quantitative estimate of drug-likeness (QED) is 0.418. The minimum absolute atomic E-state index is 0. The molecule has 1 amide bonds. The second-order valence-corrected chi connectivity index (χ2v) is 3.31. The zero-order valence-corrected chi connectivity index (χ0v) is 7.35. The van der Waals surface area contributed by atoms with E-state index >= 15 is 0 Å². The van der Waals surface area contributed by atoms with Crippen LogP contribution in [-0.2, 0) is 9.59 Å². The van der Waals surface area contributed by atoms with Crippen molar-refractivity contribution in [2.45, 2.75) is 19.8 Å². The molecule has 5 heteroatoms. The summed E-state index contributed by atoms with van der Waals surface area (Å²) >= 11 is 0. The van der Waals surface area contributed by atoms with Crippen molar-refractivity contribution in [3.8, 4) is 0 Å². The summed E-state index contributed by atoms with van der Waals surface area (Å²) in [4.78, 5) is 20.9. The van der Waals surface area contributed by atoms with E-state index in [1.54, 1.807) is 6.92 Å². The number of carboxylic acids is 1. The van der Waals surface area contributed by atoms with Crippen LogP contribution >= 0.6 is 0 Å². The van der Waals surface area contributed by atoms with Gasteiger partial charge in [0.15, 0.2) is 0 Å². The van der Waals surface area contributed by atoms with Crippen LogP contribution in [0.3, 0.4) is 0 Å². The summed E-state index contributed by atoms with van der Waals surface area (Å²) in [7, 11) is 0. The molecule has 0 saturated carbocycles. The third kappa shape index (κ3) is 2.88. The van der Waals surface area contributed by atoms with E-state index in [0.717, 1.165) is 0 Å². The first kappa shape index (κ1) is 11.5. The minimum atomic E-state index is -1.09. The average molecular weight is 163 g/mol. The molecule has 1 saturated heterocycles. The molecule has 1 N–H and O–H groups in total. The summed E-state index contributed by atoms with van der Waals surface area (Å²) in [6, 6.07) is 0. The van der Waals surface area contributed by atoms with Crippen LogP contribution in [0.1, 0.15) is 19.8 Å². The van der Waals surface area contributed by atoms with Crippen molar-refractivity contribution in [1.82, 2.24) is 5.32 Å². The Hall–Kier alpha value is -0.463. The van der Waals surface area contributed by atoms with Crippen LogP contribution in [0.4, 0.5) is 0 Å². The Bertz CT molecular complexity index is 207. The maximum atomic E-state index is 10.7. The molecule has 1 fully saturated rings. The van der Waals surface area contributed by atoms with E-state index in [1.807, 2.05) is 0 Å². The van der Waals surface area contributed by atoms with Gasteiger partial charge in [-0.05, 0) is 11.8 Å². The second-order valence-electron chi connectivity index (χ2n) is 3.31. The predicted molar refractivity (Wildman–Crippen MR) is 35.4 cm³/mol. The monoisotopic (exact) mass is 163 g/mol. The summed E-state index contributed by atoms with van der Waals surface area (Å²) < 4.78 is 0. The number of nitrogens with one attached hydrogen (secondary N) is 1. The van der Waals surface area contributed by atoms with Crippen molar-refractivity contribution in [2.75, 3.05) is 6.54 Å². The Morgan fingerprint density at radius 2 is 2.33 bits per heavy atom. The SMILES string of the molecule is CC1(CC(=O)[O-])CNC(=O)C1.[Li+]. The van der Waals surface area contributed by atoms with Gasteiger partial charge in [0.1, 0.15) is 0 Å². The fourth-order valence-corrected chi connectivity index (χ4v) is 1.30. The van der Waals surface area contributed by atoms with E-state index in [4.69, 9.17) is 0 Å². The molecule has 0 aliphatic carbocycles. The summed E-state index contributed by atoms with van der Waals surface area (Å²) in [5.41, 5.74) is -0.435. The van der Waals surface area contributed by atoms with Crippen LogP contribution in [-0.4, -0.2) is 18.4 Å². The topological polar surface area (TPSA) is 69.2 Å². The van der Waals surface area contributed by atoms with Crippen LogP contribution in [0.5, 0.6) is 0 Å². The largest absolute Gasteiger partial charge is 1.00 e. The van der Waals surface area contributed by atoms with Gasteiger partial charge in [0.25, 0.3) is 0 Å². The number of carboxylic acid groups (broad SMARTS) is 1. The minimum Gasteiger partial charge on any atom is -0.550 e. The number of hydrogen-bond acceptors (Lipinski definition) is 3. The predicted octanol–water partition coefficient (Wildman–Crippen LogP) is -4.34. The Kier molecular flexibility index (Phi) is 3.82. The van der Waals surface area contributed by atoms with Crippen LogP contribution in [0, 0.1) is 5.41 Å². The van der Waals surface area contributed by atoms with Crippen LogP contribution in [0.15, 0.2) is 0 Å². The summed E-state index contributed by atoms with van der Waals surface area (Å²) in [6.45, 7) is 2.21. The van der Waals surface area contributed by atoms with Gasteiger partial charge in [-0.25, -0.2) is 0 Å². The maximum Gasteiger partial charge on any atom is 1.00 e. The van der Waals surface area contributed by atoms with Crippen LogP contribution in [0.25, 0.3) is 0 Å². The normalized spacial score (nSPS) is 27.6. The summed E-state index contributed by atoms with van der Waals surface area (Å²) in [6.07, 6.45) is 0.243. The molecule has 12 heavy (non-hydrogen) atoms. The van der Waals surface area contributed by atoms with Crippen molar-refractivity contribution >= 4 is 11.9 Å². The van der Waals surface area contributed by atoms with E-state index in [0.29, 0.717) is 13.0 Å². The Morgan fingerprint density at radius 3 is 2.67 bits per heavy atom. The van der Waals surface area contributed by atoms with E-state index in [-0.39, 0.29) is 31.2 Å². The Balaban J connectivity index is 0.00000121. The average Bonchev–Trinajstić information content (AvgIpc) is 2.08. The van der Waals surface area contributed by atoms with Gasteiger partial charge in [-0.3, -0.25) is 4.79 Å². The molecule has 1 aliphatic heterocycles. The molecular weight excluding hydrogens is 153 g/mol. The first-order chi connectivity index (χ1) is 5.02. The van der Waals surface area contributed by atoms with E-state index < -0.39 is 11.4 Å². The number of hydrogen-bond donors (Lipinski definition) is 1. The van der Waals surface area contributed by atoms with Gasteiger partial charge in [0.05, 0.1) is 0 Å². The van der Waals surface area contributed by atoms with Gasteiger partial charge in [-0.2, -0.15) is 0 Å². The molecule has 0 aromatic rings. The molecule has 1 aliphatic rings. The molecule has 4 nitrogen and oxygen atoms in total. The molecule has 62 valence electrons. The number of rotatable bonds is 2. The number of carbonyl (C=O) groups is 2. The van der Waals surface area contributed by atoms with Gasteiger partial charge in [0.2, 0.25) is 5.91 Å². The smallest absolute Gasteiger partial charge is 0.550 e. The summed E-state index contributed by atoms with van der Waals surface area (Å²) in [5, 5.41) is 12.8. The molecule has 0 aromatic carbocycles. The van der Waals surface area contributed by atoms with Gasteiger partial charge in [-0.15, -0.1) is 0 Å². The molecular formula is C7H10LiNO3. The fourth-order valence-electron chi connectivity index (χ4n) is 1.30. The maximum absolute atomic E-state index is 10.7. The summed E-state index contributed by atoms with van der Waals surface area (Å²) in [5.74, 6) is -1.17. The number of carbonyl (C=O) groups excluding carboxylic acids is 2. The van der Waals surface area contributed by atoms with Crippen molar-refractivity contribution in [1.29, 1.82) is 0 Å². The van der Waals surface area contributed by atoms with Crippen LogP contribution in [0.2, 0.25) is 0 Å². The molecule has 1 unspecified atom stereocenters. The van der Waals surface area contributed by atoms with Gasteiger partial charge < -0.3 is 15.2 Å². The third-order valence-electron chi connectivity index (χ3n) is 1.87.